The van der Waals surface area contributed by atoms with E-state index in [9.17, 15) is 21.6 Å². The fourth-order valence-electron chi connectivity index (χ4n) is 3.96. The van der Waals surface area contributed by atoms with E-state index in [-0.39, 0.29) is 4.91 Å². The largest absolute Gasteiger partial charge is 0.416 e. The van der Waals surface area contributed by atoms with Gasteiger partial charge in [-0.25, -0.2) is 18.1 Å². The second-order valence-corrected chi connectivity index (χ2v) is 9.33. The molecular formula is C22H22F3N3O2S. The van der Waals surface area contributed by atoms with Crippen LogP contribution in [0.15, 0.2) is 47.4 Å². The van der Waals surface area contributed by atoms with Crippen molar-refractivity contribution in [2.45, 2.75) is 45.5 Å². The van der Waals surface area contributed by atoms with E-state index < -0.39 is 27.8 Å². The number of rotatable bonds is 5. The van der Waals surface area contributed by atoms with Gasteiger partial charge in [0.05, 0.1) is 27.5 Å². The van der Waals surface area contributed by atoms with Crippen LogP contribution < -0.4 is 4.72 Å². The van der Waals surface area contributed by atoms with Gasteiger partial charge in [0.1, 0.15) is 5.82 Å². The number of nitrogens with one attached hydrogen (secondary N) is 1. The van der Waals surface area contributed by atoms with Gasteiger partial charge in [-0.1, -0.05) is 24.3 Å². The number of allylic oxidation sites excluding steroid dienone is 1. The minimum atomic E-state index is -4.46. The fourth-order valence-corrected chi connectivity index (χ4v) is 5.33. The van der Waals surface area contributed by atoms with Gasteiger partial charge in [-0.05, 0) is 62.1 Å². The maximum Gasteiger partial charge on any atom is 0.416 e. The second-order valence-electron chi connectivity index (χ2n) is 7.57. The number of alkyl halides is 3. The number of hydrogen-bond acceptors (Lipinski definition) is 3. The Morgan fingerprint density at radius 1 is 1.16 bits per heavy atom. The summed E-state index contributed by atoms with van der Waals surface area (Å²) in [4.78, 5) is 4.71. The third kappa shape index (κ3) is 4.12. The van der Waals surface area contributed by atoms with Crippen LogP contribution in [0.3, 0.4) is 0 Å². The summed E-state index contributed by atoms with van der Waals surface area (Å²) in [7, 11) is -3.79. The Bertz CT molecular complexity index is 1280. The molecule has 1 heterocycles. The van der Waals surface area contributed by atoms with E-state index in [0.29, 0.717) is 36.2 Å². The third-order valence-electron chi connectivity index (χ3n) is 5.50. The summed E-state index contributed by atoms with van der Waals surface area (Å²) in [6, 6.07) is 10.3. The van der Waals surface area contributed by atoms with E-state index in [1.54, 1.807) is 24.5 Å². The fraction of sp³-hybridized carbons (Fsp3) is 0.318. The summed E-state index contributed by atoms with van der Waals surface area (Å²) >= 11 is 0. The molecule has 1 N–H and O–H groups in total. The van der Waals surface area contributed by atoms with E-state index in [1.165, 1.54) is 6.07 Å². The van der Waals surface area contributed by atoms with Crippen molar-refractivity contribution in [3.05, 3.63) is 69.9 Å². The van der Waals surface area contributed by atoms with Crippen molar-refractivity contribution < 1.29 is 21.6 Å². The summed E-state index contributed by atoms with van der Waals surface area (Å²) in [6.07, 6.45) is -1.77. The number of sulfonamides is 1. The highest BCUT2D eigenvalue weighted by Gasteiger charge is 2.32. The Morgan fingerprint density at radius 3 is 2.61 bits per heavy atom. The van der Waals surface area contributed by atoms with Crippen molar-refractivity contribution in [1.82, 2.24) is 14.3 Å². The molecule has 1 aliphatic rings. The molecular weight excluding hydrogens is 427 g/mol. The highest BCUT2D eigenvalue weighted by atomic mass is 32.2. The highest BCUT2D eigenvalue weighted by Crippen LogP contribution is 2.33. The summed E-state index contributed by atoms with van der Waals surface area (Å²) in [5, 5.41) is 0. The molecule has 2 aromatic carbocycles. The number of nitrogens with zero attached hydrogens (tertiary/aromatic N) is 2. The Balaban J connectivity index is 1.67. The summed E-state index contributed by atoms with van der Waals surface area (Å²) in [5.41, 5.74) is 1.93. The lowest BCUT2D eigenvalue weighted by atomic mass is 9.98. The monoisotopic (exact) mass is 449 g/mol. The van der Waals surface area contributed by atoms with Crippen LogP contribution in [0.5, 0.6) is 0 Å². The molecule has 5 nitrogen and oxygen atoms in total. The van der Waals surface area contributed by atoms with Crippen LogP contribution >= 0.6 is 0 Å². The van der Waals surface area contributed by atoms with Crippen LogP contribution in [0.4, 0.5) is 13.2 Å². The molecule has 0 saturated heterocycles. The lowest BCUT2D eigenvalue weighted by Gasteiger charge is -2.20. The van der Waals surface area contributed by atoms with Crippen molar-refractivity contribution in [1.29, 1.82) is 0 Å². The molecule has 0 unspecified atom stereocenters. The molecule has 0 saturated carbocycles. The lowest BCUT2D eigenvalue weighted by molar-refractivity contribution is -0.137. The van der Waals surface area contributed by atoms with E-state index in [2.05, 4.69) is 9.71 Å². The molecule has 0 amide bonds. The Hall–Kier alpha value is -2.65. The molecule has 9 heteroatoms. The summed E-state index contributed by atoms with van der Waals surface area (Å²) < 4.78 is 69.7. The standard InChI is InChI=1S/C22H22F3N3O2S/c1-3-28-20-13-17(22(23,24)25)9-11-19(20)26-21(28)14(2)27-31(29,30)18-10-8-15-6-4-5-7-16(15)12-18/h4-7,9,11-14,27H,3,8,10H2,1-2H3/t14-/m1/s1. The minimum absolute atomic E-state index is 0.288. The molecule has 0 radical (unpaired) electrons. The van der Waals surface area contributed by atoms with Crippen LogP contribution in [-0.2, 0) is 29.2 Å². The number of halogens is 3. The zero-order chi connectivity index (χ0) is 22.4. The zero-order valence-electron chi connectivity index (χ0n) is 17.1. The Kier molecular flexibility index (Phi) is 5.43. The Labute approximate surface area is 178 Å². The predicted molar refractivity (Wildman–Crippen MR) is 114 cm³/mol. The SMILES string of the molecule is CCn1c([C@@H](C)NS(=O)(=O)C2=Cc3ccccc3CC2)nc2ccc(C(F)(F)F)cc21. The quantitative estimate of drug-likeness (QED) is 0.593. The van der Waals surface area contributed by atoms with Gasteiger partial charge in [-0.3, -0.25) is 0 Å². The maximum atomic E-state index is 13.1. The predicted octanol–water partition coefficient (Wildman–Crippen LogP) is 5.04. The molecule has 31 heavy (non-hydrogen) atoms. The molecule has 0 bridgehead atoms. The second kappa shape index (κ2) is 7.80. The number of benzene rings is 2. The average molecular weight is 449 g/mol. The van der Waals surface area contributed by atoms with Crippen LogP contribution in [0.25, 0.3) is 17.1 Å². The normalized spacial score (nSPS) is 15.6. The van der Waals surface area contributed by atoms with Gasteiger partial charge < -0.3 is 4.57 Å². The van der Waals surface area contributed by atoms with Crippen molar-refractivity contribution in [3.8, 4) is 0 Å². The first-order valence-corrected chi connectivity index (χ1v) is 11.5. The van der Waals surface area contributed by atoms with Crippen LogP contribution in [-0.4, -0.2) is 18.0 Å². The molecule has 1 aliphatic carbocycles. The smallest absolute Gasteiger partial charge is 0.327 e. The molecule has 0 fully saturated rings. The highest BCUT2D eigenvalue weighted by molar-refractivity contribution is 7.93. The lowest BCUT2D eigenvalue weighted by Crippen LogP contribution is -2.30. The molecule has 1 atom stereocenters. The van der Waals surface area contributed by atoms with E-state index in [1.807, 2.05) is 24.3 Å². The number of aryl methyl sites for hydroxylation is 2. The third-order valence-corrected chi connectivity index (χ3v) is 7.17. The molecule has 0 spiro atoms. The van der Waals surface area contributed by atoms with Crippen molar-refractivity contribution >= 4 is 27.1 Å². The number of aromatic nitrogens is 2. The zero-order valence-corrected chi connectivity index (χ0v) is 17.9. The van der Waals surface area contributed by atoms with Gasteiger partial charge >= 0.3 is 6.18 Å². The first-order chi connectivity index (χ1) is 14.6. The van der Waals surface area contributed by atoms with E-state index in [4.69, 9.17) is 0 Å². The molecule has 164 valence electrons. The minimum Gasteiger partial charge on any atom is -0.327 e. The first-order valence-electron chi connectivity index (χ1n) is 9.98. The first kappa shape index (κ1) is 21.6. The number of fused-ring (bicyclic) bond motifs is 2. The van der Waals surface area contributed by atoms with E-state index in [0.717, 1.165) is 23.3 Å². The van der Waals surface area contributed by atoms with Gasteiger partial charge in [-0.15, -0.1) is 0 Å². The van der Waals surface area contributed by atoms with Crippen molar-refractivity contribution in [2.75, 3.05) is 0 Å². The van der Waals surface area contributed by atoms with Gasteiger partial charge in [0, 0.05) is 6.54 Å². The molecule has 0 aliphatic heterocycles. The topological polar surface area (TPSA) is 64.0 Å². The van der Waals surface area contributed by atoms with Crippen molar-refractivity contribution in [2.24, 2.45) is 0 Å². The van der Waals surface area contributed by atoms with Gasteiger partial charge in [-0.2, -0.15) is 13.2 Å². The van der Waals surface area contributed by atoms with Crippen LogP contribution in [0.1, 0.15) is 48.8 Å². The molecule has 1 aromatic heterocycles. The van der Waals surface area contributed by atoms with Crippen LogP contribution in [0, 0.1) is 0 Å². The average Bonchev–Trinajstić information content (AvgIpc) is 3.10. The number of imidazole rings is 1. The maximum absolute atomic E-state index is 13.1. The van der Waals surface area contributed by atoms with Crippen molar-refractivity contribution in [3.63, 3.8) is 0 Å². The summed E-state index contributed by atoms with van der Waals surface area (Å²) in [5.74, 6) is 0.372. The number of hydrogen-bond donors (Lipinski definition) is 1. The van der Waals surface area contributed by atoms with Gasteiger partial charge in [0.2, 0.25) is 10.0 Å². The molecule has 3 aromatic rings. The van der Waals surface area contributed by atoms with Crippen LogP contribution in [0.2, 0.25) is 0 Å². The summed E-state index contributed by atoms with van der Waals surface area (Å²) in [6.45, 7) is 3.79. The van der Waals surface area contributed by atoms with E-state index >= 15 is 0 Å². The van der Waals surface area contributed by atoms with Gasteiger partial charge in [0.25, 0.3) is 0 Å². The molecule has 4 rings (SSSR count). The Morgan fingerprint density at radius 2 is 1.90 bits per heavy atom. The van der Waals surface area contributed by atoms with Gasteiger partial charge in [0.15, 0.2) is 0 Å².